The number of benzene rings is 1. The lowest BCUT2D eigenvalue weighted by Gasteiger charge is -2.42. The van der Waals surface area contributed by atoms with Crippen LogP contribution in [0.4, 0.5) is 0 Å². The van der Waals surface area contributed by atoms with E-state index in [0.717, 1.165) is 24.3 Å². The van der Waals surface area contributed by atoms with E-state index >= 15 is 0 Å². The minimum absolute atomic E-state index is 0.0621. The number of allylic oxidation sites excluding steroid dienone is 1. The first-order chi connectivity index (χ1) is 15.1. The summed E-state index contributed by atoms with van der Waals surface area (Å²) in [4.78, 5) is 0. The summed E-state index contributed by atoms with van der Waals surface area (Å²) >= 11 is 0. The van der Waals surface area contributed by atoms with E-state index in [1.54, 1.807) is 7.11 Å². The number of rotatable bonds is 16. The smallest absolute Gasteiger partial charge is 0.200 e. The highest BCUT2D eigenvalue weighted by Gasteiger charge is 2.44. The Bertz CT molecular complexity index is 620. The Hall–Kier alpha value is -1.14. The summed E-state index contributed by atoms with van der Waals surface area (Å²) in [7, 11) is -0.188. The first-order valence-electron chi connectivity index (χ1n) is 12.2. The van der Waals surface area contributed by atoms with Crippen LogP contribution in [0.1, 0.15) is 66.9 Å². The van der Waals surface area contributed by atoms with Gasteiger partial charge in [-0.05, 0) is 53.1 Å². The van der Waals surface area contributed by atoms with Gasteiger partial charge in [-0.2, -0.15) is 0 Å². The fraction of sp³-hybridized carbons (Fsp3) is 0.704. The number of hydrogen-bond acceptors (Lipinski definition) is 4. The molecule has 184 valence electrons. The Morgan fingerprint density at radius 1 is 0.969 bits per heavy atom. The van der Waals surface area contributed by atoms with Crippen molar-refractivity contribution in [1.82, 2.24) is 0 Å². The summed E-state index contributed by atoms with van der Waals surface area (Å²) in [6.45, 7) is 21.7. The quantitative estimate of drug-likeness (QED) is 0.212. The summed E-state index contributed by atoms with van der Waals surface area (Å²) in [5.41, 5.74) is 2.84. The van der Waals surface area contributed by atoms with Gasteiger partial charge in [0.05, 0.1) is 26.4 Å². The monoisotopic (exact) mass is 464 g/mol. The van der Waals surface area contributed by atoms with Crippen LogP contribution in [-0.2, 0) is 15.8 Å². The number of aliphatic hydroxyl groups excluding tert-OH is 1. The molecule has 0 saturated carbocycles. The first-order valence-corrected chi connectivity index (χ1v) is 14.4. The Morgan fingerprint density at radius 2 is 1.53 bits per heavy atom. The SMILES string of the molecule is C=C[C@H](CCO[Si](C(C)C)(C(C)C)C(C)C)C[C@@H](O)[C@H](C)COCc1ccc(OC)cc1. The Morgan fingerprint density at radius 3 is 2.00 bits per heavy atom. The van der Waals surface area contributed by atoms with E-state index in [-0.39, 0.29) is 11.8 Å². The van der Waals surface area contributed by atoms with E-state index in [0.29, 0.717) is 36.3 Å². The highest BCUT2D eigenvalue weighted by molar-refractivity contribution is 6.77. The van der Waals surface area contributed by atoms with Gasteiger partial charge in [0, 0.05) is 12.5 Å². The lowest BCUT2D eigenvalue weighted by molar-refractivity contribution is 0.0194. The van der Waals surface area contributed by atoms with Gasteiger partial charge in [-0.15, -0.1) is 6.58 Å². The third-order valence-electron chi connectivity index (χ3n) is 6.89. The van der Waals surface area contributed by atoms with Gasteiger partial charge in [0.2, 0.25) is 0 Å². The molecule has 0 amide bonds. The number of aliphatic hydroxyl groups is 1. The molecule has 0 aromatic heterocycles. The summed E-state index contributed by atoms with van der Waals surface area (Å²) in [6, 6.07) is 7.87. The van der Waals surface area contributed by atoms with Crippen LogP contribution < -0.4 is 4.74 Å². The molecule has 0 aliphatic heterocycles. The zero-order valence-corrected chi connectivity index (χ0v) is 22.8. The van der Waals surface area contributed by atoms with Gasteiger partial charge in [-0.1, -0.05) is 66.7 Å². The van der Waals surface area contributed by atoms with Gasteiger partial charge in [-0.3, -0.25) is 0 Å². The van der Waals surface area contributed by atoms with Gasteiger partial charge >= 0.3 is 0 Å². The fourth-order valence-electron chi connectivity index (χ4n) is 4.96. The van der Waals surface area contributed by atoms with Gasteiger partial charge < -0.3 is 19.0 Å². The molecule has 1 rings (SSSR count). The van der Waals surface area contributed by atoms with Crippen molar-refractivity contribution in [2.75, 3.05) is 20.3 Å². The molecule has 0 heterocycles. The fourth-order valence-corrected chi connectivity index (χ4v) is 10.4. The van der Waals surface area contributed by atoms with Crippen LogP contribution in [-0.4, -0.2) is 39.9 Å². The summed E-state index contributed by atoms with van der Waals surface area (Å²) in [6.07, 6.45) is 3.15. The second-order valence-electron chi connectivity index (χ2n) is 10.1. The van der Waals surface area contributed by atoms with E-state index < -0.39 is 14.4 Å². The third-order valence-corrected chi connectivity index (χ3v) is 13.0. The van der Waals surface area contributed by atoms with Gasteiger partial charge in [-0.25, -0.2) is 0 Å². The maximum Gasteiger partial charge on any atom is 0.200 e. The van der Waals surface area contributed by atoms with Crippen molar-refractivity contribution in [3.8, 4) is 5.75 Å². The number of methoxy groups -OCH3 is 1. The molecule has 0 radical (unpaired) electrons. The van der Waals surface area contributed by atoms with Crippen molar-refractivity contribution >= 4 is 8.32 Å². The van der Waals surface area contributed by atoms with Crippen molar-refractivity contribution in [3.05, 3.63) is 42.5 Å². The van der Waals surface area contributed by atoms with E-state index in [1.165, 1.54) is 0 Å². The van der Waals surface area contributed by atoms with Crippen LogP contribution in [0.5, 0.6) is 5.75 Å². The highest BCUT2D eigenvalue weighted by Crippen LogP contribution is 2.42. The second kappa shape index (κ2) is 14.2. The molecule has 0 unspecified atom stereocenters. The number of hydrogen-bond donors (Lipinski definition) is 1. The average Bonchev–Trinajstić information content (AvgIpc) is 2.75. The molecule has 5 heteroatoms. The summed E-state index contributed by atoms with van der Waals surface area (Å²) < 4.78 is 17.7. The lowest BCUT2D eigenvalue weighted by Crippen LogP contribution is -2.48. The van der Waals surface area contributed by atoms with Crippen molar-refractivity contribution < 1.29 is 19.0 Å². The van der Waals surface area contributed by atoms with Gasteiger partial charge in [0.1, 0.15) is 5.75 Å². The molecular formula is C27H48O4Si. The molecule has 0 aliphatic carbocycles. The molecule has 0 saturated heterocycles. The predicted molar refractivity (Wildman–Crippen MR) is 138 cm³/mol. The zero-order chi connectivity index (χ0) is 24.3. The third kappa shape index (κ3) is 8.33. The minimum atomic E-state index is -1.85. The average molecular weight is 465 g/mol. The first kappa shape index (κ1) is 28.9. The Kier molecular flexibility index (Phi) is 12.8. The molecular weight excluding hydrogens is 416 g/mol. The summed E-state index contributed by atoms with van der Waals surface area (Å²) in [5.74, 6) is 1.14. The van der Waals surface area contributed by atoms with Crippen LogP contribution in [0.25, 0.3) is 0 Å². The predicted octanol–water partition coefficient (Wildman–Crippen LogP) is 6.98. The topological polar surface area (TPSA) is 47.9 Å². The second-order valence-corrected chi connectivity index (χ2v) is 15.6. The minimum Gasteiger partial charge on any atom is -0.497 e. The standard InChI is InChI=1S/C27H48O4Si/c1-10-24(15-16-31-32(20(2)3,21(4)5)22(6)7)17-27(28)23(8)18-30-19-25-11-13-26(29-9)14-12-25/h10-14,20-24,27-28H,1,15-19H2,2-9H3/t23-,24-,27-/m1/s1. The largest absolute Gasteiger partial charge is 0.497 e. The highest BCUT2D eigenvalue weighted by atomic mass is 28.4. The van der Waals surface area contributed by atoms with Crippen LogP contribution in [0.2, 0.25) is 16.6 Å². The van der Waals surface area contributed by atoms with Crippen molar-refractivity contribution in [3.63, 3.8) is 0 Å². The van der Waals surface area contributed by atoms with Crippen LogP contribution in [0.15, 0.2) is 36.9 Å². The molecule has 1 aromatic rings. The van der Waals surface area contributed by atoms with Crippen LogP contribution >= 0.6 is 0 Å². The van der Waals surface area contributed by atoms with Crippen LogP contribution in [0, 0.1) is 11.8 Å². The van der Waals surface area contributed by atoms with Crippen molar-refractivity contribution in [2.45, 2.75) is 90.6 Å². The molecule has 0 spiro atoms. The van der Waals surface area contributed by atoms with E-state index in [1.807, 2.05) is 37.3 Å². The molecule has 0 bridgehead atoms. The van der Waals surface area contributed by atoms with E-state index in [9.17, 15) is 5.11 Å². The molecule has 4 nitrogen and oxygen atoms in total. The molecule has 3 atom stereocenters. The maximum absolute atomic E-state index is 10.7. The van der Waals surface area contributed by atoms with Gasteiger partial charge in [0.15, 0.2) is 8.32 Å². The van der Waals surface area contributed by atoms with E-state index in [4.69, 9.17) is 13.9 Å². The Balaban J connectivity index is 2.49. The van der Waals surface area contributed by atoms with Crippen LogP contribution in [0.3, 0.4) is 0 Å². The van der Waals surface area contributed by atoms with Crippen molar-refractivity contribution in [1.29, 1.82) is 0 Å². The zero-order valence-electron chi connectivity index (χ0n) is 21.8. The molecule has 1 N–H and O–H groups in total. The summed E-state index contributed by atoms with van der Waals surface area (Å²) in [5, 5.41) is 10.7. The van der Waals surface area contributed by atoms with Gasteiger partial charge in [0.25, 0.3) is 0 Å². The molecule has 0 fully saturated rings. The normalized spacial score (nSPS) is 15.2. The Labute approximate surface area is 198 Å². The molecule has 0 aliphatic rings. The number of ether oxygens (including phenoxy) is 2. The molecule has 32 heavy (non-hydrogen) atoms. The maximum atomic E-state index is 10.7. The van der Waals surface area contributed by atoms with E-state index in [2.05, 4.69) is 48.1 Å². The molecule has 1 aromatic carbocycles. The van der Waals surface area contributed by atoms with Crippen molar-refractivity contribution in [2.24, 2.45) is 11.8 Å². The lowest BCUT2D eigenvalue weighted by atomic mass is 9.92.